The highest BCUT2D eigenvalue weighted by Crippen LogP contribution is 2.28. The van der Waals surface area contributed by atoms with Gasteiger partial charge in [-0.15, -0.1) is 0 Å². The first-order chi connectivity index (χ1) is 7.12. The molecule has 1 aliphatic carbocycles. The van der Waals surface area contributed by atoms with E-state index in [1.165, 1.54) is 0 Å². The standard InChI is InChI=1S/C10H20N2O2S/c1-9-8-11-6-7-12(9)15(13,14)10-4-2-3-5-10/h9-11H,2-8H2,1H3. The predicted octanol–water partition coefficient (Wildman–Crippen LogP) is 0.552. The molecule has 5 heteroatoms. The van der Waals surface area contributed by atoms with Crippen molar-refractivity contribution in [2.24, 2.45) is 0 Å². The van der Waals surface area contributed by atoms with Crippen LogP contribution in [-0.4, -0.2) is 43.6 Å². The molecule has 1 saturated heterocycles. The molecular formula is C10H20N2O2S. The lowest BCUT2D eigenvalue weighted by atomic mass is 10.3. The molecular weight excluding hydrogens is 212 g/mol. The van der Waals surface area contributed by atoms with Gasteiger partial charge in [0.25, 0.3) is 0 Å². The number of sulfonamides is 1. The average molecular weight is 232 g/mol. The summed E-state index contributed by atoms with van der Waals surface area (Å²) in [6, 6.07) is 0.115. The summed E-state index contributed by atoms with van der Waals surface area (Å²) in [6.07, 6.45) is 3.87. The Morgan fingerprint density at radius 1 is 1.27 bits per heavy atom. The number of nitrogens with zero attached hydrogens (tertiary/aromatic N) is 1. The van der Waals surface area contributed by atoms with Gasteiger partial charge in [0.15, 0.2) is 0 Å². The van der Waals surface area contributed by atoms with Crippen LogP contribution in [0.3, 0.4) is 0 Å². The van der Waals surface area contributed by atoms with E-state index in [-0.39, 0.29) is 11.3 Å². The van der Waals surface area contributed by atoms with Crippen LogP contribution in [0.5, 0.6) is 0 Å². The molecule has 1 saturated carbocycles. The van der Waals surface area contributed by atoms with Crippen LogP contribution in [0.4, 0.5) is 0 Å². The zero-order valence-corrected chi connectivity index (χ0v) is 10.1. The van der Waals surface area contributed by atoms with E-state index in [4.69, 9.17) is 0 Å². The Hall–Kier alpha value is -0.130. The Morgan fingerprint density at radius 3 is 2.53 bits per heavy atom. The first-order valence-electron chi connectivity index (χ1n) is 5.84. The predicted molar refractivity (Wildman–Crippen MR) is 60.2 cm³/mol. The van der Waals surface area contributed by atoms with Crippen molar-refractivity contribution in [3.05, 3.63) is 0 Å². The van der Waals surface area contributed by atoms with Crippen LogP contribution >= 0.6 is 0 Å². The lowest BCUT2D eigenvalue weighted by Gasteiger charge is -2.34. The van der Waals surface area contributed by atoms with E-state index in [1.54, 1.807) is 4.31 Å². The maximum Gasteiger partial charge on any atom is 0.217 e. The molecule has 2 fully saturated rings. The van der Waals surface area contributed by atoms with Gasteiger partial charge in [-0.1, -0.05) is 12.8 Å². The third kappa shape index (κ3) is 2.19. The summed E-state index contributed by atoms with van der Waals surface area (Å²) in [5, 5.41) is 3.12. The molecule has 2 rings (SSSR count). The maximum absolute atomic E-state index is 12.3. The van der Waals surface area contributed by atoms with Crippen molar-refractivity contribution in [2.75, 3.05) is 19.6 Å². The van der Waals surface area contributed by atoms with Gasteiger partial charge in [0.1, 0.15) is 0 Å². The Kier molecular flexibility index (Phi) is 3.33. The van der Waals surface area contributed by atoms with Gasteiger partial charge >= 0.3 is 0 Å². The second kappa shape index (κ2) is 4.39. The Labute approximate surface area is 92.1 Å². The lowest BCUT2D eigenvalue weighted by Crippen LogP contribution is -2.54. The Morgan fingerprint density at radius 2 is 1.93 bits per heavy atom. The summed E-state index contributed by atoms with van der Waals surface area (Å²) in [4.78, 5) is 0. The molecule has 15 heavy (non-hydrogen) atoms. The van der Waals surface area contributed by atoms with Crippen molar-refractivity contribution < 1.29 is 8.42 Å². The molecule has 0 aromatic rings. The van der Waals surface area contributed by atoms with E-state index >= 15 is 0 Å². The normalized spacial score (nSPS) is 30.9. The van der Waals surface area contributed by atoms with E-state index in [2.05, 4.69) is 5.32 Å². The molecule has 0 amide bonds. The van der Waals surface area contributed by atoms with Crippen LogP contribution in [0.25, 0.3) is 0 Å². The van der Waals surface area contributed by atoms with Crippen molar-refractivity contribution in [2.45, 2.75) is 43.9 Å². The number of hydrogen-bond donors (Lipinski definition) is 1. The smallest absolute Gasteiger partial charge is 0.217 e. The van der Waals surface area contributed by atoms with Gasteiger partial charge < -0.3 is 5.32 Å². The Bertz CT molecular complexity index is 309. The van der Waals surface area contributed by atoms with Crippen LogP contribution in [0.15, 0.2) is 0 Å². The number of rotatable bonds is 2. The molecule has 0 radical (unpaired) electrons. The average Bonchev–Trinajstić information content (AvgIpc) is 2.71. The van der Waals surface area contributed by atoms with Gasteiger partial charge in [-0.2, -0.15) is 4.31 Å². The van der Waals surface area contributed by atoms with Gasteiger partial charge in [0.2, 0.25) is 10.0 Å². The van der Waals surface area contributed by atoms with Crippen LogP contribution in [-0.2, 0) is 10.0 Å². The maximum atomic E-state index is 12.3. The van der Waals surface area contributed by atoms with E-state index < -0.39 is 10.0 Å². The summed E-state index contributed by atoms with van der Waals surface area (Å²) in [6.45, 7) is 4.20. The number of nitrogens with one attached hydrogen (secondary N) is 1. The number of piperazine rings is 1. The third-order valence-corrected chi connectivity index (χ3v) is 6.00. The molecule has 88 valence electrons. The molecule has 0 bridgehead atoms. The fraction of sp³-hybridized carbons (Fsp3) is 1.00. The fourth-order valence-corrected chi connectivity index (χ4v) is 4.81. The van der Waals surface area contributed by atoms with Crippen molar-refractivity contribution in [3.63, 3.8) is 0 Å². The highest BCUT2D eigenvalue weighted by atomic mass is 32.2. The second-order valence-corrected chi connectivity index (χ2v) is 6.78. The first-order valence-corrected chi connectivity index (χ1v) is 7.34. The second-order valence-electron chi connectivity index (χ2n) is 4.62. The van der Waals surface area contributed by atoms with E-state index in [1.807, 2.05) is 6.92 Å². The zero-order chi connectivity index (χ0) is 10.9. The molecule has 1 N–H and O–H groups in total. The molecule has 0 aromatic heterocycles. The molecule has 0 aromatic carbocycles. The van der Waals surface area contributed by atoms with Crippen molar-refractivity contribution >= 4 is 10.0 Å². The van der Waals surface area contributed by atoms with E-state index in [9.17, 15) is 8.42 Å². The van der Waals surface area contributed by atoms with Crippen LogP contribution in [0.2, 0.25) is 0 Å². The SMILES string of the molecule is CC1CNCCN1S(=O)(=O)C1CCCC1. The molecule has 1 heterocycles. The van der Waals surface area contributed by atoms with Crippen LogP contribution in [0.1, 0.15) is 32.6 Å². The van der Waals surface area contributed by atoms with Crippen molar-refractivity contribution in [3.8, 4) is 0 Å². The van der Waals surface area contributed by atoms with Gasteiger partial charge in [-0.25, -0.2) is 8.42 Å². The quantitative estimate of drug-likeness (QED) is 0.756. The molecule has 2 aliphatic rings. The number of hydrogen-bond acceptors (Lipinski definition) is 3. The molecule has 1 atom stereocenters. The fourth-order valence-electron chi connectivity index (χ4n) is 2.58. The molecule has 1 unspecified atom stereocenters. The largest absolute Gasteiger partial charge is 0.314 e. The highest BCUT2D eigenvalue weighted by Gasteiger charge is 2.37. The summed E-state index contributed by atoms with van der Waals surface area (Å²) in [5.74, 6) is 0. The summed E-state index contributed by atoms with van der Waals surface area (Å²) in [7, 11) is -3.02. The highest BCUT2D eigenvalue weighted by molar-refractivity contribution is 7.89. The zero-order valence-electron chi connectivity index (χ0n) is 9.28. The minimum absolute atomic E-state index is 0.0990. The Balaban J connectivity index is 2.12. The van der Waals surface area contributed by atoms with Gasteiger partial charge in [0, 0.05) is 25.7 Å². The summed E-state index contributed by atoms with van der Waals surface area (Å²) in [5.41, 5.74) is 0. The van der Waals surface area contributed by atoms with E-state index in [0.717, 1.165) is 38.8 Å². The van der Waals surface area contributed by atoms with Crippen molar-refractivity contribution in [1.82, 2.24) is 9.62 Å². The third-order valence-electron chi connectivity index (χ3n) is 3.49. The van der Waals surface area contributed by atoms with E-state index in [0.29, 0.717) is 6.54 Å². The van der Waals surface area contributed by atoms with Gasteiger partial charge in [-0.3, -0.25) is 0 Å². The monoisotopic (exact) mass is 232 g/mol. The van der Waals surface area contributed by atoms with Crippen LogP contribution < -0.4 is 5.32 Å². The summed E-state index contributed by atoms with van der Waals surface area (Å²) < 4.78 is 26.3. The van der Waals surface area contributed by atoms with Gasteiger partial charge in [-0.05, 0) is 19.8 Å². The lowest BCUT2D eigenvalue weighted by molar-refractivity contribution is 0.280. The topological polar surface area (TPSA) is 49.4 Å². The van der Waals surface area contributed by atoms with Crippen LogP contribution in [0, 0.1) is 0 Å². The van der Waals surface area contributed by atoms with Gasteiger partial charge in [0.05, 0.1) is 5.25 Å². The molecule has 1 aliphatic heterocycles. The summed E-state index contributed by atoms with van der Waals surface area (Å²) >= 11 is 0. The minimum Gasteiger partial charge on any atom is -0.314 e. The van der Waals surface area contributed by atoms with Crippen molar-refractivity contribution in [1.29, 1.82) is 0 Å². The minimum atomic E-state index is -3.02. The first kappa shape index (κ1) is 11.4. The molecule has 4 nitrogen and oxygen atoms in total. The molecule has 0 spiro atoms.